The van der Waals surface area contributed by atoms with Crippen LogP contribution in [0.5, 0.6) is 0 Å². The van der Waals surface area contributed by atoms with Crippen LogP contribution in [0, 0.1) is 0 Å². The summed E-state index contributed by atoms with van der Waals surface area (Å²) < 4.78 is 0. The number of aromatic nitrogens is 1. The molecule has 6 heteroatoms. The number of primary amides is 1. The van der Waals surface area contributed by atoms with Gasteiger partial charge in [-0.05, 0) is 12.5 Å². The molecule has 0 fully saturated rings. The van der Waals surface area contributed by atoms with E-state index in [1.54, 1.807) is 6.20 Å². The van der Waals surface area contributed by atoms with Crippen molar-refractivity contribution in [2.75, 3.05) is 24.2 Å². The number of carbonyl (C=O) groups is 1. The van der Waals surface area contributed by atoms with Crippen LogP contribution in [-0.4, -0.2) is 24.5 Å². The van der Waals surface area contributed by atoms with Gasteiger partial charge in [0.25, 0.3) is 5.91 Å². The third-order valence-electron chi connectivity index (χ3n) is 3.09. The maximum absolute atomic E-state index is 11.4. The van der Waals surface area contributed by atoms with Gasteiger partial charge in [-0.15, -0.1) is 11.3 Å². The first kappa shape index (κ1) is 13.6. The average molecular weight is 278 g/mol. The van der Waals surface area contributed by atoms with Gasteiger partial charge in [-0.1, -0.05) is 13.3 Å². The van der Waals surface area contributed by atoms with Gasteiger partial charge < -0.3 is 16.4 Å². The molecule has 1 amide bonds. The smallest absolute Gasteiger partial charge is 0.260 e. The molecule has 0 atom stereocenters. The number of carbonyl (C=O) groups excluding carboxylic acids is 1. The molecule has 2 aromatic heterocycles. The second kappa shape index (κ2) is 5.44. The van der Waals surface area contributed by atoms with Gasteiger partial charge in [-0.2, -0.15) is 0 Å². The molecule has 5 nitrogen and oxygen atoms in total. The minimum absolute atomic E-state index is 0.388. The number of hydrogen-bond donors (Lipinski definition) is 2. The standard InChI is InChI=1S/C13H18N4OS/c1-3-4-7-17(2)8-5-6-16-13-9(8)10(14)11(19-13)12(15)18/h5-6H,3-4,7,14H2,1-2H3,(H2,15,18). The number of pyridine rings is 1. The highest BCUT2D eigenvalue weighted by Gasteiger charge is 2.18. The maximum Gasteiger partial charge on any atom is 0.260 e. The summed E-state index contributed by atoms with van der Waals surface area (Å²) in [7, 11) is 2.02. The van der Waals surface area contributed by atoms with Gasteiger partial charge in [0, 0.05) is 19.8 Å². The minimum Gasteiger partial charge on any atom is -0.397 e. The zero-order chi connectivity index (χ0) is 14.0. The molecule has 2 aromatic rings. The Bertz CT molecular complexity index is 608. The van der Waals surface area contributed by atoms with Crippen LogP contribution in [0.25, 0.3) is 10.2 Å². The van der Waals surface area contributed by atoms with Gasteiger partial charge in [0.1, 0.15) is 9.71 Å². The van der Waals surface area contributed by atoms with Gasteiger partial charge in [0.05, 0.1) is 16.8 Å². The lowest BCUT2D eigenvalue weighted by Crippen LogP contribution is -2.18. The van der Waals surface area contributed by atoms with Gasteiger partial charge in [0.2, 0.25) is 0 Å². The Balaban J connectivity index is 2.53. The summed E-state index contributed by atoms with van der Waals surface area (Å²) in [6, 6.07) is 1.92. The van der Waals surface area contributed by atoms with E-state index in [4.69, 9.17) is 11.5 Å². The van der Waals surface area contributed by atoms with Crippen molar-refractivity contribution < 1.29 is 4.79 Å². The fourth-order valence-electron chi connectivity index (χ4n) is 2.05. The van der Waals surface area contributed by atoms with E-state index < -0.39 is 5.91 Å². The lowest BCUT2D eigenvalue weighted by molar-refractivity contribution is 0.100. The van der Waals surface area contributed by atoms with E-state index in [1.165, 1.54) is 11.3 Å². The molecule has 0 radical (unpaired) electrons. The van der Waals surface area contributed by atoms with E-state index in [0.29, 0.717) is 10.6 Å². The van der Waals surface area contributed by atoms with Crippen molar-refractivity contribution in [3.63, 3.8) is 0 Å². The Morgan fingerprint density at radius 1 is 1.53 bits per heavy atom. The number of unbranched alkanes of at least 4 members (excludes halogenated alkanes) is 1. The number of amides is 1. The predicted molar refractivity (Wildman–Crippen MR) is 80.7 cm³/mol. The summed E-state index contributed by atoms with van der Waals surface area (Å²) in [4.78, 5) is 18.9. The summed E-state index contributed by atoms with van der Waals surface area (Å²) in [5, 5.41) is 0.833. The van der Waals surface area contributed by atoms with Crippen molar-refractivity contribution in [3.8, 4) is 0 Å². The molecular formula is C13H18N4OS. The minimum atomic E-state index is -0.498. The van der Waals surface area contributed by atoms with Crippen LogP contribution < -0.4 is 16.4 Å². The van der Waals surface area contributed by atoms with Gasteiger partial charge >= 0.3 is 0 Å². The molecular weight excluding hydrogens is 260 g/mol. The van der Waals surface area contributed by atoms with Crippen molar-refractivity contribution in [2.45, 2.75) is 19.8 Å². The predicted octanol–water partition coefficient (Wildman–Crippen LogP) is 2.21. The van der Waals surface area contributed by atoms with Crippen molar-refractivity contribution in [1.29, 1.82) is 0 Å². The van der Waals surface area contributed by atoms with Gasteiger partial charge in [0.15, 0.2) is 0 Å². The van der Waals surface area contributed by atoms with Crippen molar-refractivity contribution >= 4 is 38.8 Å². The second-order valence-electron chi connectivity index (χ2n) is 4.49. The molecule has 0 aromatic carbocycles. The molecule has 102 valence electrons. The molecule has 0 spiro atoms. The Kier molecular flexibility index (Phi) is 3.90. The fraction of sp³-hybridized carbons (Fsp3) is 0.385. The van der Waals surface area contributed by atoms with Gasteiger partial charge in [-0.3, -0.25) is 4.79 Å². The summed E-state index contributed by atoms with van der Waals surface area (Å²) in [5.41, 5.74) is 12.8. The van der Waals surface area contributed by atoms with E-state index in [0.717, 1.165) is 35.3 Å². The number of rotatable bonds is 5. The quantitative estimate of drug-likeness (QED) is 0.878. The van der Waals surface area contributed by atoms with E-state index in [1.807, 2.05) is 13.1 Å². The zero-order valence-electron chi connectivity index (χ0n) is 11.1. The molecule has 0 aliphatic heterocycles. The lowest BCUT2D eigenvalue weighted by Gasteiger charge is -2.20. The third kappa shape index (κ3) is 2.49. The first-order valence-corrected chi connectivity index (χ1v) is 7.05. The SMILES string of the molecule is CCCCN(C)c1ccnc2sc(C(N)=O)c(N)c12. The summed E-state index contributed by atoms with van der Waals surface area (Å²) in [6.07, 6.45) is 3.97. The monoisotopic (exact) mass is 278 g/mol. The van der Waals surface area contributed by atoms with E-state index in [2.05, 4.69) is 16.8 Å². The number of nitrogens with two attached hydrogens (primary N) is 2. The normalized spacial score (nSPS) is 10.8. The molecule has 0 aliphatic carbocycles. The number of hydrogen-bond acceptors (Lipinski definition) is 5. The highest BCUT2D eigenvalue weighted by molar-refractivity contribution is 7.21. The van der Waals surface area contributed by atoms with Crippen LogP contribution in [0.4, 0.5) is 11.4 Å². The Hall–Kier alpha value is -1.82. The summed E-state index contributed by atoms with van der Waals surface area (Å²) >= 11 is 1.25. The van der Waals surface area contributed by atoms with Crippen LogP contribution in [0.1, 0.15) is 29.4 Å². The molecule has 0 unspecified atom stereocenters. The van der Waals surface area contributed by atoms with Crippen LogP contribution in [0.3, 0.4) is 0 Å². The molecule has 0 bridgehead atoms. The highest BCUT2D eigenvalue weighted by atomic mass is 32.1. The second-order valence-corrected chi connectivity index (χ2v) is 5.49. The number of nitrogens with zero attached hydrogens (tertiary/aromatic N) is 2. The number of thiophene rings is 1. The number of nitrogen functional groups attached to an aromatic ring is 1. The van der Waals surface area contributed by atoms with Crippen LogP contribution in [-0.2, 0) is 0 Å². The topological polar surface area (TPSA) is 85.2 Å². The zero-order valence-corrected chi connectivity index (χ0v) is 12.0. The highest BCUT2D eigenvalue weighted by Crippen LogP contribution is 2.38. The van der Waals surface area contributed by atoms with Crippen molar-refractivity contribution in [1.82, 2.24) is 4.98 Å². The van der Waals surface area contributed by atoms with E-state index in [-0.39, 0.29) is 0 Å². The average Bonchev–Trinajstić information content (AvgIpc) is 2.73. The maximum atomic E-state index is 11.4. The Labute approximate surface area is 116 Å². The third-order valence-corrected chi connectivity index (χ3v) is 4.22. The van der Waals surface area contributed by atoms with Crippen LogP contribution in [0.2, 0.25) is 0 Å². The summed E-state index contributed by atoms with van der Waals surface area (Å²) in [5.74, 6) is -0.498. The molecule has 2 rings (SSSR count). The van der Waals surface area contributed by atoms with E-state index in [9.17, 15) is 4.79 Å². The summed E-state index contributed by atoms with van der Waals surface area (Å²) in [6.45, 7) is 3.09. The fourth-order valence-corrected chi connectivity index (χ4v) is 2.98. The molecule has 0 saturated carbocycles. The first-order valence-electron chi connectivity index (χ1n) is 6.24. The Morgan fingerprint density at radius 2 is 2.26 bits per heavy atom. The Morgan fingerprint density at radius 3 is 2.89 bits per heavy atom. The van der Waals surface area contributed by atoms with E-state index >= 15 is 0 Å². The number of fused-ring (bicyclic) bond motifs is 1. The van der Waals surface area contributed by atoms with Crippen LogP contribution in [0.15, 0.2) is 12.3 Å². The van der Waals surface area contributed by atoms with Crippen molar-refractivity contribution in [3.05, 3.63) is 17.1 Å². The molecule has 2 heterocycles. The largest absolute Gasteiger partial charge is 0.397 e. The number of anilines is 2. The molecule has 0 saturated heterocycles. The van der Waals surface area contributed by atoms with Gasteiger partial charge in [-0.25, -0.2) is 4.98 Å². The molecule has 0 aliphatic rings. The lowest BCUT2D eigenvalue weighted by atomic mass is 10.2. The van der Waals surface area contributed by atoms with Crippen molar-refractivity contribution in [2.24, 2.45) is 5.73 Å². The molecule has 4 N–H and O–H groups in total. The first-order chi connectivity index (χ1) is 9.06. The van der Waals surface area contributed by atoms with Crippen LogP contribution >= 0.6 is 11.3 Å². The molecule has 19 heavy (non-hydrogen) atoms.